The van der Waals surface area contributed by atoms with E-state index in [0.29, 0.717) is 41.1 Å². The predicted octanol–water partition coefficient (Wildman–Crippen LogP) is 5.34. The molecular weight excluding hydrogens is 461 g/mol. The van der Waals surface area contributed by atoms with Crippen molar-refractivity contribution < 1.29 is 14.3 Å². The topological polar surface area (TPSA) is 61.9 Å². The van der Waals surface area contributed by atoms with Crippen LogP contribution in [0.2, 0.25) is 10.0 Å². The maximum absolute atomic E-state index is 13.2. The Morgan fingerprint density at radius 3 is 2.58 bits per heavy atom. The number of hydrogen-bond acceptors (Lipinski definition) is 4. The molecule has 4 rings (SSSR count). The van der Waals surface area contributed by atoms with Gasteiger partial charge in [-0.15, -0.1) is 0 Å². The van der Waals surface area contributed by atoms with Crippen molar-refractivity contribution in [2.45, 2.75) is 38.5 Å². The molecule has 2 aromatic carbocycles. The van der Waals surface area contributed by atoms with Crippen molar-refractivity contribution in [3.05, 3.63) is 52.0 Å². The Hall–Kier alpha value is -2.28. The van der Waals surface area contributed by atoms with E-state index >= 15 is 0 Å². The van der Waals surface area contributed by atoms with Crippen molar-refractivity contribution in [1.82, 2.24) is 4.90 Å². The van der Waals surface area contributed by atoms with Crippen LogP contribution in [0.5, 0.6) is 5.75 Å². The van der Waals surface area contributed by atoms with E-state index in [0.717, 1.165) is 30.9 Å². The minimum atomic E-state index is -0.266. The summed E-state index contributed by atoms with van der Waals surface area (Å²) in [4.78, 5) is 29.1. The molecule has 1 atom stereocenters. The number of rotatable bonds is 7. The molecule has 0 aromatic heterocycles. The summed E-state index contributed by atoms with van der Waals surface area (Å²) in [5, 5.41) is 3.75. The number of nitrogens with zero attached hydrogens (tertiary/aromatic N) is 2. The third kappa shape index (κ3) is 5.81. The number of ether oxygens (including phenoxy) is 1. The molecule has 176 valence electrons. The first kappa shape index (κ1) is 23.9. The molecule has 0 bridgehead atoms. The van der Waals surface area contributed by atoms with Gasteiger partial charge in [0.15, 0.2) is 0 Å². The van der Waals surface area contributed by atoms with Crippen molar-refractivity contribution >= 4 is 46.4 Å². The predicted molar refractivity (Wildman–Crippen MR) is 133 cm³/mol. The number of benzene rings is 2. The molecule has 2 aromatic rings. The summed E-state index contributed by atoms with van der Waals surface area (Å²) >= 11 is 12.2. The summed E-state index contributed by atoms with van der Waals surface area (Å²) in [5.41, 5.74) is 2.23. The van der Waals surface area contributed by atoms with Crippen molar-refractivity contribution in [3.8, 4) is 5.75 Å². The highest BCUT2D eigenvalue weighted by Crippen LogP contribution is 2.37. The number of carbonyl (C=O) groups excluding carboxylic acids is 2. The van der Waals surface area contributed by atoms with Gasteiger partial charge in [-0.25, -0.2) is 0 Å². The second kappa shape index (κ2) is 10.8. The summed E-state index contributed by atoms with van der Waals surface area (Å²) in [6, 6.07) is 10.8. The van der Waals surface area contributed by atoms with Gasteiger partial charge >= 0.3 is 0 Å². The monoisotopic (exact) mass is 489 g/mol. The van der Waals surface area contributed by atoms with E-state index in [1.54, 1.807) is 23.1 Å². The molecule has 2 saturated heterocycles. The normalized spacial score (nSPS) is 19.1. The minimum Gasteiger partial charge on any atom is -0.490 e. The molecule has 33 heavy (non-hydrogen) atoms. The first-order valence-electron chi connectivity index (χ1n) is 11.5. The standard InChI is InChI=1S/C25H29Cl2N3O3/c1-17(31)28-23-8-6-19(16-24(23)33-14-13-29-10-3-2-4-11-29)30-12-9-20(25(30)32)18-5-7-21(26)22(27)15-18/h5-8,15-16,20H,2-4,9-14H2,1H3,(H,28,31). The van der Waals surface area contributed by atoms with Crippen LogP contribution < -0.4 is 15.0 Å². The van der Waals surface area contributed by atoms with Crippen LogP contribution in [0, 0.1) is 0 Å². The van der Waals surface area contributed by atoms with Gasteiger partial charge in [0.05, 0.1) is 21.7 Å². The number of piperidine rings is 1. The summed E-state index contributed by atoms with van der Waals surface area (Å²) in [6.07, 6.45) is 4.43. The molecule has 6 nitrogen and oxygen atoms in total. The highest BCUT2D eigenvalue weighted by Gasteiger charge is 2.34. The summed E-state index contributed by atoms with van der Waals surface area (Å²) in [6.45, 7) is 5.62. The van der Waals surface area contributed by atoms with Crippen LogP contribution in [-0.4, -0.2) is 49.5 Å². The molecule has 2 aliphatic heterocycles. The van der Waals surface area contributed by atoms with Crippen LogP contribution in [-0.2, 0) is 9.59 Å². The molecule has 8 heteroatoms. The Labute approximate surface area is 204 Å². The lowest BCUT2D eigenvalue weighted by atomic mass is 9.98. The third-order valence-corrected chi connectivity index (χ3v) is 6.99. The van der Waals surface area contributed by atoms with Gasteiger partial charge in [-0.2, -0.15) is 0 Å². The molecular formula is C25H29Cl2N3O3. The number of likely N-dealkylation sites (tertiary alicyclic amines) is 1. The van der Waals surface area contributed by atoms with Crippen molar-refractivity contribution in [1.29, 1.82) is 0 Å². The van der Waals surface area contributed by atoms with E-state index in [1.165, 1.54) is 26.2 Å². The molecule has 1 unspecified atom stereocenters. The fourth-order valence-electron chi connectivity index (χ4n) is 4.53. The molecule has 0 aliphatic carbocycles. The highest BCUT2D eigenvalue weighted by molar-refractivity contribution is 6.42. The lowest BCUT2D eigenvalue weighted by Crippen LogP contribution is -2.33. The molecule has 1 N–H and O–H groups in total. The van der Waals surface area contributed by atoms with Crippen LogP contribution in [0.4, 0.5) is 11.4 Å². The molecule has 2 heterocycles. The number of hydrogen-bond donors (Lipinski definition) is 1. The molecule has 0 saturated carbocycles. The van der Waals surface area contributed by atoms with Crippen LogP contribution >= 0.6 is 23.2 Å². The van der Waals surface area contributed by atoms with Crippen LogP contribution in [0.3, 0.4) is 0 Å². The van der Waals surface area contributed by atoms with Gasteiger partial charge < -0.3 is 15.0 Å². The van der Waals surface area contributed by atoms with E-state index in [1.807, 2.05) is 18.2 Å². The van der Waals surface area contributed by atoms with E-state index in [9.17, 15) is 9.59 Å². The van der Waals surface area contributed by atoms with Gasteiger partial charge in [0.25, 0.3) is 0 Å². The number of carbonyl (C=O) groups is 2. The molecule has 2 amide bonds. The van der Waals surface area contributed by atoms with E-state index in [-0.39, 0.29) is 17.7 Å². The minimum absolute atomic E-state index is 0.0138. The second-order valence-corrected chi connectivity index (χ2v) is 9.43. The Morgan fingerprint density at radius 2 is 1.85 bits per heavy atom. The summed E-state index contributed by atoms with van der Waals surface area (Å²) in [7, 11) is 0. The van der Waals surface area contributed by atoms with Crippen molar-refractivity contribution in [2.75, 3.05) is 43.0 Å². The summed E-state index contributed by atoms with van der Waals surface area (Å²) < 4.78 is 6.09. The van der Waals surface area contributed by atoms with Gasteiger partial charge in [-0.3, -0.25) is 14.5 Å². The van der Waals surface area contributed by atoms with Crippen LogP contribution in [0.25, 0.3) is 0 Å². The second-order valence-electron chi connectivity index (χ2n) is 8.62. The van der Waals surface area contributed by atoms with Crippen LogP contribution in [0.15, 0.2) is 36.4 Å². The average molecular weight is 490 g/mol. The zero-order chi connectivity index (χ0) is 23.4. The fraction of sp³-hybridized carbons (Fsp3) is 0.440. The maximum Gasteiger partial charge on any atom is 0.234 e. The molecule has 2 aliphatic rings. The van der Waals surface area contributed by atoms with Gasteiger partial charge in [-0.1, -0.05) is 35.7 Å². The third-order valence-electron chi connectivity index (χ3n) is 6.25. The first-order valence-corrected chi connectivity index (χ1v) is 12.2. The smallest absolute Gasteiger partial charge is 0.234 e. The van der Waals surface area contributed by atoms with Crippen molar-refractivity contribution in [3.63, 3.8) is 0 Å². The molecule has 2 fully saturated rings. The van der Waals surface area contributed by atoms with Gasteiger partial charge in [-0.05, 0) is 62.2 Å². The average Bonchev–Trinajstić information content (AvgIpc) is 3.18. The number of amides is 2. The Morgan fingerprint density at radius 1 is 1.06 bits per heavy atom. The zero-order valence-corrected chi connectivity index (χ0v) is 20.3. The number of halogens is 2. The SMILES string of the molecule is CC(=O)Nc1ccc(N2CCC(c3ccc(Cl)c(Cl)c3)C2=O)cc1OCCN1CCCCC1. The van der Waals surface area contributed by atoms with Gasteiger partial charge in [0, 0.05) is 31.8 Å². The van der Waals surface area contributed by atoms with Crippen molar-refractivity contribution in [2.24, 2.45) is 0 Å². The van der Waals surface area contributed by atoms with E-state index in [2.05, 4.69) is 10.2 Å². The largest absolute Gasteiger partial charge is 0.490 e. The lowest BCUT2D eigenvalue weighted by Gasteiger charge is -2.26. The Kier molecular flexibility index (Phi) is 7.78. The van der Waals surface area contributed by atoms with Gasteiger partial charge in [0.1, 0.15) is 12.4 Å². The zero-order valence-electron chi connectivity index (χ0n) is 18.8. The number of nitrogens with one attached hydrogen (secondary N) is 1. The Balaban J connectivity index is 1.49. The van der Waals surface area contributed by atoms with Gasteiger partial charge in [0.2, 0.25) is 11.8 Å². The number of anilines is 2. The first-order chi connectivity index (χ1) is 15.9. The fourth-order valence-corrected chi connectivity index (χ4v) is 4.84. The highest BCUT2D eigenvalue weighted by atomic mass is 35.5. The maximum atomic E-state index is 13.2. The van der Waals surface area contributed by atoms with Crippen LogP contribution in [0.1, 0.15) is 44.1 Å². The molecule has 0 spiro atoms. The molecule has 0 radical (unpaired) electrons. The van der Waals surface area contributed by atoms with E-state index in [4.69, 9.17) is 27.9 Å². The lowest BCUT2D eigenvalue weighted by molar-refractivity contribution is -0.118. The van der Waals surface area contributed by atoms with E-state index < -0.39 is 0 Å². The Bertz CT molecular complexity index is 1020. The summed E-state index contributed by atoms with van der Waals surface area (Å²) in [5.74, 6) is 0.157. The quantitative estimate of drug-likeness (QED) is 0.570.